The quantitative estimate of drug-likeness (QED) is 0.494. The van der Waals surface area contributed by atoms with E-state index in [1.165, 1.54) is 12.6 Å². The lowest BCUT2D eigenvalue weighted by atomic mass is 9.86. The van der Waals surface area contributed by atoms with Crippen LogP contribution in [0.15, 0.2) is 76.0 Å². The van der Waals surface area contributed by atoms with Crippen molar-refractivity contribution in [2.24, 2.45) is 0 Å². The second-order valence-electron chi connectivity index (χ2n) is 7.46. The molecular weight excluding hydrogens is 410 g/mol. The summed E-state index contributed by atoms with van der Waals surface area (Å²) in [7, 11) is 0. The largest absolute Gasteiger partial charge is 0.448 e. The number of carbonyl (C=O) groups excluding carboxylic acids is 2. The molecule has 1 aliphatic heterocycles. The first-order chi connectivity index (χ1) is 15.6. The van der Waals surface area contributed by atoms with Crippen LogP contribution in [-0.2, 0) is 16.0 Å². The summed E-state index contributed by atoms with van der Waals surface area (Å²) in [6.07, 6.45) is 1.44. The SMILES string of the molecule is Cc1oc(-c2ccccc2)nc1Cc1ccccc1C(c1cnco1)C1OC(=O)NC1=O. The summed E-state index contributed by atoms with van der Waals surface area (Å²) >= 11 is 0. The van der Waals surface area contributed by atoms with Crippen LogP contribution in [0, 0.1) is 6.92 Å². The maximum absolute atomic E-state index is 12.4. The summed E-state index contributed by atoms with van der Waals surface area (Å²) in [5.41, 5.74) is 3.35. The number of hydrogen-bond donors (Lipinski definition) is 1. The van der Waals surface area contributed by atoms with Gasteiger partial charge in [0.15, 0.2) is 12.5 Å². The minimum absolute atomic E-state index is 0.425. The van der Waals surface area contributed by atoms with E-state index in [-0.39, 0.29) is 0 Å². The number of alkyl carbamates (subject to hydrolysis) is 1. The molecule has 32 heavy (non-hydrogen) atoms. The van der Waals surface area contributed by atoms with Crippen LogP contribution in [0.1, 0.15) is 34.3 Å². The molecule has 0 aliphatic carbocycles. The predicted molar refractivity (Wildman–Crippen MR) is 113 cm³/mol. The third-order valence-electron chi connectivity index (χ3n) is 5.44. The lowest BCUT2D eigenvalue weighted by Gasteiger charge is -2.21. The fraction of sp³-hybridized carbons (Fsp3) is 0.167. The van der Waals surface area contributed by atoms with E-state index in [1.807, 2.05) is 61.5 Å². The van der Waals surface area contributed by atoms with Gasteiger partial charge in [-0.05, 0) is 30.2 Å². The van der Waals surface area contributed by atoms with Crippen molar-refractivity contribution in [2.75, 3.05) is 0 Å². The Morgan fingerprint density at radius 3 is 2.56 bits per heavy atom. The van der Waals surface area contributed by atoms with Crippen molar-refractivity contribution in [3.8, 4) is 11.5 Å². The number of cyclic esters (lactones) is 1. The van der Waals surface area contributed by atoms with Crippen LogP contribution >= 0.6 is 0 Å². The number of aryl methyl sites for hydroxylation is 1. The molecule has 0 saturated carbocycles. The van der Waals surface area contributed by atoms with Gasteiger partial charge in [0.1, 0.15) is 11.5 Å². The first-order valence-electron chi connectivity index (χ1n) is 10.1. The summed E-state index contributed by atoms with van der Waals surface area (Å²) in [5.74, 6) is 0.511. The number of hydrogen-bond acceptors (Lipinski definition) is 7. The summed E-state index contributed by atoms with van der Waals surface area (Å²) in [5, 5.41) is 2.19. The van der Waals surface area contributed by atoms with Gasteiger partial charge in [-0.1, -0.05) is 42.5 Å². The highest BCUT2D eigenvalue weighted by atomic mass is 16.6. The van der Waals surface area contributed by atoms with Crippen molar-refractivity contribution in [2.45, 2.75) is 25.4 Å². The number of carbonyl (C=O) groups is 2. The van der Waals surface area contributed by atoms with Gasteiger partial charge in [-0.2, -0.15) is 0 Å². The Morgan fingerprint density at radius 2 is 1.84 bits per heavy atom. The van der Waals surface area contributed by atoms with E-state index in [4.69, 9.17) is 18.6 Å². The first kappa shape index (κ1) is 19.7. The highest BCUT2D eigenvalue weighted by Crippen LogP contribution is 2.35. The fourth-order valence-electron chi connectivity index (χ4n) is 3.91. The molecule has 2 unspecified atom stereocenters. The molecule has 3 heterocycles. The van der Waals surface area contributed by atoms with Gasteiger partial charge in [0.05, 0.1) is 17.8 Å². The highest BCUT2D eigenvalue weighted by molar-refractivity contribution is 6.00. The zero-order valence-corrected chi connectivity index (χ0v) is 17.1. The number of nitrogens with zero attached hydrogens (tertiary/aromatic N) is 2. The van der Waals surface area contributed by atoms with E-state index in [0.29, 0.717) is 23.8 Å². The number of amides is 2. The van der Waals surface area contributed by atoms with Crippen molar-refractivity contribution < 1.29 is 23.2 Å². The van der Waals surface area contributed by atoms with Crippen molar-refractivity contribution in [3.05, 3.63) is 95.5 Å². The van der Waals surface area contributed by atoms with Gasteiger partial charge in [-0.15, -0.1) is 0 Å². The molecule has 0 radical (unpaired) electrons. The number of benzene rings is 2. The minimum Gasteiger partial charge on any atom is -0.448 e. The Balaban J connectivity index is 1.53. The molecule has 2 aromatic carbocycles. The average molecular weight is 429 g/mol. The smallest absolute Gasteiger partial charge is 0.414 e. The van der Waals surface area contributed by atoms with Crippen LogP contribution in [0.2, 0.25) is 0 Å². The maximum atomic E-state index is 12.4. The van der Waals surface area contributed by atoms with Crippen LogP contribution < -0.4 is 5.32 Å². The van der Waals surface area contributed by atoms with Crippen molar-refractivity contribution in [1.82, 2.24) is 15.3 Å². The van der Waals surface area contributed by atoms with Crippen LogP contribution in [0.25, 0.3) is 11.5 Å². The number of imide groups is 1. The molecule has 1 aliphatic rings. The van der Waals surface area contributed by atoms with Crippen LogP contribution in [-0.4, -0.2) is 28.1 Å². The van der Waals surface area contributed by atoms with Crippen LogP contribution in [0.3, 0.4) is 0 Å². The summed E-state index contributed by atoms with van der Waals surface area (Å²) in [6, 6.07) is 17.3. The standard InChI is InChI=1S/C24H19N3O5/c1-14-18(26-23(31-14)15-7-3-2-4-8-15)11-16-9-5-6-10-17(16)20(19-12-25-13-30-19)21-22(28)27-24(29)32-21/h2-10,12-13,20-21H,11H2,1H3,(H,27,28,29). The molecular formula is C24H19N3O5. The molecule has 0 spiro atoms. The van der Waals surface area contributed by atoms with E-state index in [0.717, 1.165) is 22.4 Å². The Morgan fingerprint density at radius 1 is 1.06 bits per heavy atom. The number of aromatic nitrogens is 2. The van der Waals surface area contributed by atoms with Gasteiger partial charge in [0, 0.05) is 12.0 Å². The summed E-state index contributed by atoms with van der Waals surface area (Å²) in [4.78, 5) is 32.8. The lowest BCUT2D eigenvalue weighted by Crippen LogP contribution is -2.30. The molecule has 160 valence electrons. The third-order valence-corrected chi connectivity index (χ3v) is 5.44. The summed E-state index contributed by atoms with van der Waals surface area (Å²) < 4.78 is 16.7. The Hall–Kier alpha value is -4.20. The van der Waals surface area contributed by atoms with Crippen molar-refractivity contribution in [1.29, 1.82) is 0 Å². The molecule has 1 fully saturated rings. The van der Waals surface area contributed by atoms with Gasteiger partial charge >= 0.3 is 6.09 Å². The molecule has 8 heteroatoms. The van der Waals surface area contributed by atoms with E-state index in [2.05, 4.69) is 10.3 Å². The van der Waals surface area contributed by atoms with E-state index in [1.54, 1.807) is 0 Å². The zero-order valence-electron chi connectivity index (χ0n) is 17.1. The molecule has 2 atom stereocenters. The third kappa shape index (κ3) is 3.66. The normalized spacial score (nSPS) is 16.6. The monoisotopic (exact) mass is 429 g/mol. The predicted octanol–water partition coefficient (Wildman–Crippen LogP) is 4.00. The number of ether oxygens (including phenoxy) is 1. The van der Waals surface area contributed by atoms with E-state index in [9.17, 15) is 9.59 Å². The van der Waals surface area contributed by atoms with Gasteiger partial charge < -0.3 is 13.6 Å². The fourth-order valence-corrected chi connectivity index (χ4v) is 3.91. The molecule has 8 nitrogen and oxygen atoms in total. The van der Waals surface area contributed by atoms with Crippen LogP contribution in [0.5, 0.6) is 0 Å². The molecule has 2 amide bonds. The van der Waals surface area contributed by atoms with E-state index >= 15 is 0 Å². The average Bonchev–Trinajstić information content (AvgIpc) is 3.52. The molecule has 5 rings (SSSR count). The Kier molecular flexibility index (Phi) is 5.03. The zero-order chi connectivity index (χ0) is 22.1. The number of rotatable bonds is 6. The molecule has 1 N–H and O–H groups in total. The van der Waals surface area contributed by atoms with Crippen molar-refractivity contribution >= 4 is 12.0 Å². The Bertz CT molecular complexity index is 1260. The molecule has 0 bridgehead atoms. The van der Waals surface area contributed by atoms with Crippen LogP contribution in [0.4, 0.5) is 4.79 Å². The van der Waals surface area contributed by atoms with Gasteiger partial charge in [0.25, 0.3) is 5.91 Å². The number of nitrogens with one attached hydrogen (secondary N) is 1. The molecule has 2 aromatic heterocycles. The first-order valence-corrected chi connectivity index (χ1v) is 10.1. The Labute approximate surface area is 183 Å². The molecule has 4 aromatic rings. The molecule has 1 saturated heterocycles. The number of oxazole rings is 2. The lowest BCUT2D eigenvalue weighted by molar-refractivity contribution is -0.124. The van der Waals surface area contributed by atoms with Gasteiger partial charge in [0.2, 0.25) is 5.89 Å². The second-order valence-corrected chi connectivity index (χ2v) is 7.46. The second kappa shape index (κ2) is 8.14. The topological polar surface area (TPSA) is 107 Å². The van der Waals surface area contributed by atoms with E-state index < -0.39 is 24.0 Å². The van der Waals surface area contributed by atoms with Crippen molar-refractivity contribution in [3.63, 3.8) is 0 Å². The maximum Gasteiger partial charge on any atom is 0.414 e. The van der Waals surface area contributed by atoms with Gasteiger partial charge in [-0.3, -0.25) is 10.1 Å². The minimum atomic E-state index is -1.06. The summed E-state index contributed by atoms with van der Waals surface area (Å²) in [6.45, 7) is 1.87. The van der Waals surface area contributed by atoms with Gasteiger partial charge in [-0.25, -0.2) is 14.8 Å². The highest BCUT2D eigenvalue weighted by Gasteiger charge is 2.42.